The van der Waals surface area contributed by atoms with Gasteiger partial charge in [0.2, 0.25) is 0 Å². The molecule has 3 aromatic heterocycles. The SMILES string of the molecule is C[C@]1(CCc2ccnc3c4c(ccc23)NC(=O)CO4)C[C@@H](n2ccc3c(N)ncnc32)[C@H](O)[C@@H]1O. The number of pyridine rings is 1. The number of rotatable bonds is 4. The van der Waals surface area contributed by atoms with Crippen LogP contribution in [0.3, 0.4) is 0 Å². The van der Waals surface area contributed by atoms with Crippen molar-refractivity contribution in [3.8, 4) is 5.75 Å². The third-order valence-corrected chi connectivity index (χ3v) is 7.55. The molecule has 1 saturated carbocycles. The Kier molecular flexibility index (Phi) is 4.90. The van der Waals surface area contributed by atoms with Gasteiger partial charge in [-0.3, -0.25) is 9.78 Å². The highest BCUT2D eigenvalue weighted by molar-refractivity contribution is 6.01. The minimum atomic E-state index is -0.940. The lowest BCUT2D eigenvalue weighted by Gasteiger charge is -2.29. The van der Waals surface area contributed by atoms with Crippen molar-refractivity contribution in [2.45, 2.75) is 44.4 Å². The fourth-order valence-electron chi connectivity index (χ4n) is 5.57. The molecule has 0 radical (unpaired) electrons. The van der Waals surface area contributed by atoms with Crippen LogP contribution in [0.2, 0.25) is 0 Å². The molecular weight excluding hydrogens is 448 g/mol. The van der Waals surface area contributed by atoms with Crippen LogP contribution < -0.4 is 15.8 Å². The molecule has 10 nitrogen and oxygen atoms in total. The van der Waals surface area contributed by atoms with E-state index in [1.807, 2.05) is 42.0 Å². The molecule has 1 aromatic carbocycles. The summed E-state index contributed by atoms with van der Waals surface area (Å²) in [4.78, 5) is 24.5. The molecule has 4 atom stereocenters. The third-order valence-electron chi connectivity index (χ3n) is 7.55. The largest absolute Gasteiger partial charge is 0.479 e. The molecule has 1 aliphatic carbocycles. The van der Waals surface area contributed by atoms with Crippen molar-refractivity contribution in [3.05, 3.63) is 48.5 Å². The molecule has 0 saturated heterocycles. The average molecular weight is 475 g/mol. The minimum absolute atomic E-state index is 0.0355. The summed E-state index contributed by atoms with van der Waals surface area (Å²) in [5.74, 6) is 0.779. The van der Waals surface area contributed by atoms with Crippen LogP contribution in [0, 0.1) is 5.41 Å². The second-order valence-corrected chi connectivity index (χ2v) is 9.73. The van der Waals surface area contributed by atoms with Crippen LogP contribution >= 0.6 is 0 Å². The first kappa shape index (κ1) is 21.8. The molecule has 1 fully saturated rings. The average Bonchev–Trinajstić information content (AvgIpc) is 3.38. The molecule has 4 heterocycles. The maximum absolute atomic E-state index is 11.7. The van der Waals surface area contributed by atoms with E-state index in [0.717, 1.165) is 16.3 Å². The number of anilines is 2. The molecule has 5 N–H and O–H groups in total. The smallest absolute Gasteiger partial charge is 0.262 e. The molecule has 0 unspecified atom stereocenters. The summed E-state index contributed by atoms with van der Waals surface area (Å²) in [5, 5.41) is 26.6. The van der Waals surface area contributed by atoms with Gasteiger partial charge in [-0.05, 0) is 48.4 Å². The minimum Gasteiger partial charge on any atom is -0.479 e. The summed E-state index contributed by atoms with van der Waals surface area (Å²) >= 11 is 0. The number of hydrogen-bond acceptors (Lipinski definition) is 8. The molecule has 35 heavy (non-hydrogen) atoms. The van der Waals surface area contributed by atoms with Gasteiger partial charge in [0.05, 0.1) is 23.2 Å². The van der Waals surface area contributed by atoms with Crippen molar-refractivity contribution in [2.24, 2.45) is 5.41 Å². The fourth-order valence-corrected chi connectivity index (χ4v) is 5.57. The molecule has 10 heteroatoms. The van der Waals surface area contributed by atoms with Gasteiger partial charge in [-0.25, -0.2) is 9.97 Å². The number of carbonyl (C=O) groups is 1. The van der Waals surface area contributed by atoms with Gasteiger partial charge in [0.1, 0.15) is 29.4 Å². The molecular formula is C25H26N6O4. The second-order valence-electron chi connectivity index (χ2n) is 9.73. The van der Waals surface area contributed by atoms with E-state index in [9.17, 15) is 15.0 Å². The lowest BCUT2D eigenvalue weighted by atomic mass is 9.80. The topological polar surface area (TPSA) is 148 Å². The highest BCUT2D eigenvalue weighted by Gasteiger charge is 2.50. The van der Waals surface area contributed by atoms with E-state index < -0.39 is 17.6 Å². The normalized spacial score (nSPS) is 26.0. The lowest BCUT2D eigenvalue weighted by Crippen LogP contribution is -2.35. The lowest BCUT2D eigenvalue weighted by molar-refractivity contribution is -0.118. The Morgan fingerprint density at radius 2 is 2.06 bits per heavy atom. The highest BCUT2D eigenvalue weighted by Crippen LogP contribution is 2.48. The number of amides is 1. The van der Waals surface area contributed by atoms with Crippen LogP contribution in [0.5, 0.6) is 5.75 Å². The Hall–Kier alpha value is -3.76. The van der Waals surface area contributed by atoms with Crippen LogP contribution in [0.25, 0.3) is 21.9 Å². The third kappa shape index (κ3) is 3.40. The molecule has 1 aliphatic heterocycles. The van der Waals surface area contributed by atoms with Crippen LogP contribution in [0.1, 0.15) is 31.4 Å². The van der Waals surface area contributed by atoms with E-state index >= 15 is 0 Å². The first-order chi connectivity index (χ1) is 16.9. The highest BCUT2D eigenvalue weighted by atomic mass is 16.5. The van der Waals surface area contributed by atoms with Gasteiger partial charge < -0.3 is 30.6 Å². The van der Waals surface area contributed by atoms with Crippen LogP contribution in [0.4, 0.5) is 11.5 Å². The fraction of sp³-hybridized carbons (Fsp3) is 0.360. The number of fused-ring (bicyclic) bond motifs is 4. The summed E-state index contributed by atoms with van der Waals surface area (Å²) < 4.78 is 7.56. The number of aliphatic hydroxyl groups is 2. The number of aryl methyl sites for hydroxylation is 1. The number of nitrogens with two attached hydrogens (primary N) is 1. The van der Waals surface area contributed by atoms with Gasteiger partial charge in [0.25, 0.3) is 5.91 Å². The van der Waals surface area contributed by atoms with Gasteiger partial charge in [-0.15, -0.1) is 0 Å². The number of nitrogens with one attached hydrogen (secondary N) is 1. The predicted molar refractivity (Wildman–Crippen MR) is 130 cm³/mol. The van der Waals surface area contributed by atoms with Gasteiger partial charge in [0, 0.05) is 17.8 Å². The van der Waals surface area contributed by atoms with Gasteiger partial charge in [0.15, 0.2) is 12.4 Å². The molecule has 0 spiro atoms. The van der Waals surface area contributed by atoms with Crippen molar-refractivity contribution >= 4 is 39.3 Å². The standard InChI is InChI=1S/C25H26N6O4/c1-25(10-17(20(33)22(25)34)31-9-6-15-23(26)28-12-29-24(15)31)7-4-13-5-8-27-19-14(13)2-3-16-21(19)35-11-18(32)30-16/h2-3,5-6,8-9,12,17,20,22,33-34H,4,7,10-11H2,1H3,(H,30,32)(H2,26,28,29)/t17-,20+,22+,25+/m1/s1. The number of nitrogen functional groups attached to an aromatic ring is 1. The molecule has 180 valence electrons. The molecule has 2 aliphatic rings. The summed E-state index contributed by atoms with van der Waals surface area (Å²) in [7, 11) is 0. The van der Waals surface area contributed by atoms with Crippen molar-refractivity contribution in [1.29, 1.82) is 0 Å². The van der Waals surface area contributed by atoms with Gasteiger partial charge in [-0.1, -0.05) is 13.0 Å². The Morgan fingerprint density at radius 1 is 1.20 bits per heavy atom. The number of hydrogen-bond donors (Lipinski definition) is 4. The van der Waals surface area contributed by atoms with Crippen molar-refractivity contribution < 1.29 is 19.7 Å². The zero-order chi connectivity index (χ0) is 24.3. The van der Waals surface area contributed by atoms with E-state index in [-0.39, 0.29) is 18.6 Å². The predicted octanol–water partition coefficient (Wildman–Crippen LogP) is 2.20. The number of ether oxygens (including phenoxy) is 1. The second kappa shape index (κ2) is 7.89. The molecule has 4 aromatic rings. The molecule has 1 amide bonds. The van der Waals surface area contributed by atoms with E-state index in [2.05, 4.69) is 20.3 Å². The summed E-state index contributed by atoms with van der Waals surface area (Å²) in [5.41, 5.74) is 8.49. The Labute approximate surface area is 200 Å². The number of aliphatic hydroxyl groups excluding tert-OH is 2. The number of nitrogens with zero attached hydrogens (tertiary/aromatic N) is 4. The number of carbonyl (C=O) groups excluding carboxylic acids is 1. The number of aromatic nitrogens is 4. The quantitative estimate of drug-likeness (QED) is 0.352. The van der Waals surface area contributed by atoms with E-state index in [0.29, 0.717) is 47.7 Å². The van der Waals surface area contributed by atoms with Crippen LogP contribution in [-0.4, -0.2) is 54.5 Å². The zero-order valence-electron chi connectivity index (χ0n) is 19.2. The number of benzene rings is 1. The van der Waals surface area contributed by atoms with E-state index in [1.165, 1.54) is 6.33 Å². The summed E-state index contributed by atoms with van der Waals surface area (Å²) in [6, 6.07) is 7.24. The van der Waals surface area contributed by atoms with Crippen molar-refractivity contribution in [3.63, 3.8) is 0 Å². The van der Waals surface area contributed by atoms with E-state index in [4.69, 9.17) is 10.5 Å². The maximum atomic E-state index is 11.7. The monoisotopic (exact) mass is 474 g/mol. The molecule has 0 bridgehead atoms. The van der Waals surface area contributed by atoms with Crippen LogP contribution in [-0.2, 0) is 11.2 Å². The summed E-state index contributed by atoms with van der Waals surface area (Å²) in [6.45, 7) is 1.98. The Bertz CT molecular complexity index is 1470. The van der Waals surface area contributed by atoms with Gasteiger partial charge in [-0.2, -0.15) is 0 Å². The maximum Gasteiger partial charge on any atom is 0.262 e. The molecule has 6 rings (SSSR count). The van der Waals surface area contributed by atoms with Gasteiger partial charge >= 0.3 is 0 Å². The first-order valence-electron chi connectivity index (χ1n) is 11.6. The first-order valence-corrected chi connectivity index (χ1v) is 11.6. The Morgan fingerprint density at radius 3 is 2.91 bits per heavy atom. The summed E-state index contributed by atoms with van der Waals surface area (Å²) in [6.07, 6.45) is 5.07. The van der Waals surface area contributed by atoms with Crippen molar-refractivity contribution in [1.82, 2.24) is 19.5 Å². The zero-order valence-corrected chi connectivity index (χ0v) is 19.2. The van der Waals surface area contributed by atoms with Crippen LogP contribution in [0.15, 0.2) is 43.0 Å². The van der Waals surface area contributed by atoms with Crippen molar-refractivity contribution in [2.75, 3.05) is 17.7 Å². The van der Waals surface area contributed by atoms with E-state index in [1.54, 1.807) is 6.20 Å². The Balaban J connectivity index is 1.28.